The van der Waals surface area contributed by atoms with Crippen LogP contribution in [0.3, 0.4) is 0 Å². The van der Waals surface area contributed by atoms with E-state index >= 15 is 0 Å². The van der Waals surface area contributed by atoms with Crippen molar-refractivity contribution in [2.24, 2.45) is 5.11 Å². The van der Waals surface area contributed by atoms with E-state index in [0.29, 0.717) is 5.69 Å². The number of hydrogen-bond donors (Lipinski definition) is 1. The highest BCUT2D eigenvalue weighted by Gasteiger charge is 2.52. The lowest BCUT2D eigenvalue weighted by molar-refractivity contribution is -0.118. The smallest absolute Gasteiger partial charge is 0.400 e. The number of amides is 1. The molecule has 0 spiro atoms. The summed E-state index contributed by atoms with van der Waals surface area (Å²) >= 11 is 0. The second-order valence-electron chi connectivity index (χ2n) is 6.97. The molecule has 132 valence electrons. The fourth-order valence-electron chi connectivity index (χ4n) is 2.37. The predicted octanol–water partition coefficient (Wildman–Crippen LogP) is 3.78. The summed E-state index contributed by atoms with van der Waals surface area (Å²) in [4.78, 5) is 14.2. The molecule has 1 heterocycles. The van der Waals surface area contributed by atoms with E-state index < -0.39 is 18.3 Å². The Labute approximate surface area is 148 Å². The zero-order valence-corrected chi connectivity index (χ0v) is 15.2. The normalized spacial score (nSPS) is 18.6. The number of nitrogens with one attached hydrogen (secondary N) is 1. The maximum Gasteiger partial charge on any atom is 0.492 e. The summed E-state index contributed by atoms with van der Waals surface area (Å²) in [5.41, 5.74) is 9.74. The average molecular weight is 342 g/mol. The first-order valence-electron chi connectivity index (χ1n) is 8.11. The van der Waals surface area contributed by atoms with Gasteiger partial charge < -0.3 is 14.6 Å². The van der Waals surface area contributed by atoms with Crippen molar-refractivity contribution in [2.45, 2.75) is 45.8 Å². The largest absolute Gasteiger partial charge is 0.492 e. The number of nitrogens with zero attached hydrogens (tertiary/aromatic N) is 3. The van der Waals surface area contributed by atoms with Gasteiger partial charge in [-0.05, 0) is 44.3 Å². The molecule has 8 heteroatoms. The summed E-state index contributed by atoms with van der Waals surface area (Å²) < 4.78 is 12.2. The maximum atomic E-state index is 11.4. The van der Waals surface area contributed by atoms with Gasteiger partial charge in [-0.3, -0.25) is 4.79 Å². The van der Waals surface area contributed by atoms with Crippen LogP contribution in [0.15, 0.2) is 34.9 Å². The van der Waals surface area contributed by atoms with Crippen molar-refractivity contribution in [3.63, 3.8) is 0 Å². The van der Waals surface area contributed by atoms with E-state index in [9.17, 15) is 4.79 Å². The van der Waals surface area contributed by atoms with E-state index in [1.54, 1.807) is 12.1 Å². The molecule has 0 saturated carbocycles. The predicted molar refractivity (Wildman–Crippen MR) is 98.0 cm³/mol. The molecule has 0 aromatic heterocycles. The minimum absolute atomic E-state index is 0.147. The topological polar surface area (TPSA) is 96.3 Å². The lowest BCUT2D eigenvalue weighted by atomic mass is 9.77. The highest BCUT2D eigenvalue weighted by Crippen LogP contribution is 2.39. The first-order valence-corrected chi connectivity index (χ1v) is 8.11. The van der Waals surface area contributed by atoms with Gasteiger partial charge in [-0.25, -0.2) is 0 Å². The van der Waals surface area contributed by atoms with Gasteiger partial charge in [0, 0.05) is 24.1 Å². The number of hydrogen-bond acceptors (Lipinski definition) is 4. The molecule has 1 saturated heterocycles. The van der Waals surface area contributed by atoms with E-state index in [0.717, 1.165) is 11.0 Å². The molecule has 7 nitrogen and oxygen atoms in total. The van der Waals surface area contributed by atoms with Crippen LogP contribution in [0.4, 0.5) is 5.69 Å². The highest BCUT2D eigenvalue weighted by molar-refractivity contribution is 6.56. The summed E-state index contributed by atoms with van der Waals surface area (Å²) in [7, 11) is -0.601. The van der Waals surface area contributed by atoms with Crippen LogP contribution in [0.1, 0.15) is 40.2 Å². The van der Waals surface area contributed by atoms with Gasteiger partial charge in [0.15, 0.2) is 0 Å². The van der Waals surface area contributed by atoms with Crippen molar-refractivity contribution in [1.82, 2.24) is 5.32 Å². The van der Waals surface area contributed by atoms with Crippen LogP contribution in [0.25, 0.3) is 16.5 Å². The van der Waals surface area contributed by atoms with Crippen molar-refractivity contribution in [2.75, 3.05) is 6.54 Å². The van der Waals surface area contributed by atoms with Gasteiger partial charge in [-0.2, -0.15) is 0 Å². The molecule has 0 unspecified atom stereocenters. The Hall–Kier alpha value is -2.28. The van der Waals surface area contributed by atoms with Gasteiger partial charge >= 0.3 is 7.12 Å². The first-order chi connectivity index (χ1) is 11.7. The average Bonchev–Trinajstić information content (AvgIpc) is 2.73. The third-order valence-corrected chi connectivity index (χ3v) is 4.53. The number of rotatable bonds is 5. The monoisotopic (exact) mass is 342 g/mol. The molecule has 1 aliphatic rings. The lowest BCUT2D eigenvalue weighted by Gasteiger charge is -2.32. The summed E-state index contributed by atoms with van der Waals surface area (Å²) in [5, 5.41) is 6.48. The van der Waals surface area contributed by atoms with Crippen LogP contribution in [-0.4, -0.2) is 30.8 Å². The Morgan fingerprint density at radius 3 is 2.44 bits per heavy atom. The summed E-state index contributed by atoms with van der Waals surface area (Å²) in [6.07, 6.45) is 1.84. The fraction of sp³-hybridized carbons (Fsp3) is 0.471. The van der Waals surface area contributed by atoms with Gasteiger partial charge in [0.25, 0.3) is 0 Å². The molecule has 2 rings (SSSR count). The Kier molecular flexibility index (Phi) is 5.57. The molecule has 1 N–H and O–H groups in total. The van der Waals surface area contributed by atoms with Crippen LogP contribution < -0.4 is 5.32 Å². The van der Waals surface area contributed by atoms with Crippen molar-refractivity contribution in [3.8, 4) is 0 Å². The van der Waals surface area contributed by atoms with Gasteiger partial charge in [0.1, 0.15) is 0 Å². The maximum absolute atomic E-state index is 11.4. The SMILES string of the molecule is CC(=O)NCC(=Cc1ccccc1N=[N+]=[N-])B1OC(C)(C)C(C)(C)O1. The minimum Gasteiger partial charge on any atom is -0.400 e. The van der Waals surface area contributed by atoms with E-state index in [1.165, 1.54) is 6.92 Å². The minimum atomic E-state index is -0.601. The Bertz CT molecular complexity index is 723. The van der Waals surface area contributed by atoms with Gasteiger partial charge in [0.05, 0.1) is 11.2 Å². The molecule has 0 radical (unpaired) electrons. The van der Waals surface area contributed by atoms with E-state index in [-0.39, 0.29) is 12.5 Å². The quantitative estimate of drug-likeness (QED) is 0.382. The zero-order chi connectivity index (χ0) is 18.7. The molecule has 1 aromatic rings. The van der Waals surface area contributed by atoms with Crippen molar-refractivity contribution < 1.29 is 14.1 Å². The van der Waals surface area contributed by atoms with E-state index in [4.69, 9.17) is 14.8 Å². The fourth-order valence-corrected chi connectivity index (χ4v) is 2.37. The van der Waals surface area contributed by atoms with Crippen molar-refractivity contribution >= 4 is 24.8 Å². The Morgan fingerprint density at radius 1 is 1.28 bits per heavy atom. The van der Waals surface area contributed by atoms with Crippen molar-refractivity contribution in [1.29, 1.82) is 0 Å². The van der Waals surface area contributed by atoms with Gasteiger partial charge in [-0.15, -0.1) is 0 Å². The molecule has 25 heavy (non-hydrogen) atoms. The molecule has 1 fully saturated rings. The van der Waals surface area contributed by atoms with E-state index in [1.807, 2.05) is 45.9 Å². The number of carbonyl (C=O) groups excluding carboxylic acids is 1. The molecule has 1 amide bonds. The summed E-state index contributed by atoms with van der Waals surface area (Å²) in [6.45, 7) is 9.61. The van der Waals surface area contributed by atoms with E-state index in [2.05, 4.69) is 15.3 Å². The zero-order valence-electron chi connectivity index (χ0n) is 15.2. The highest BCUT2D eigenvalue weighted by atomic mass is 16.7. The Balaban J connectivity index is 2.40. The van der Waals surface area contributed by atoms with Crippen LogP contribution in [0.2, 0.25) is 0 Å². The van der Waals surface area contributed by atoms with Crippen molar-refractivity contribution in [3.05, 3.63) is 45.7 Å². The van der Waals surface area contributed by atoms with Crippen LogP contribution in [0.5, 0.6) is 0 Å². The third kappa shape index (κ3) is 4.42. The number of benzene rings is 1. The summed E-state index contributed by atoms with van der Waals surface area (Å²) in [5.74, 6) is -0.147. The Morgan fingerprint density at radius 2 is 1.88 bits per heavy atom. The standard InChI is InChI=1S/C17H23BN4O3/c1-12(23)20-11-14(18-24-16(2,3)17(4,5)25-18)10-13-8-6-7-9-15(13)21-22-19/h6-10H,11H2,1-5H3,(H,20,23). The first kappa shape index (κ1) is 19.1. The molecule has 1 aliphatic heterocycles. The molecule has 0 aliphatic carbocycles. The van der Waals surface area contributed by atoms with Gasteiger partial charge in [0.2, 0.25) is 5.91 Å². The molecular formula is C17H23BN4O3. The molecule has 0 atom stereocenters. The second-order valence-corrected chi connectivity index (χ2v) is 6.97. The molecule has 1 aromatic carbocycles. The third-order valence-electron chi connectivity index (χ3n) is 4.53. The number of azide groups is 1. The number of carbonyl (C=O) groups is 1. The lowest BCUT2D eigenvalue weighted by Crippen LogP contribution is -2.41. The van der Waals surface area contributed by atoms with Crippen LogP contribution in [-0.2, 0) is 14.1 Å². The second kappa shape index (κ2) is 7.31. The van der Waals surface area contributed by atoms with Crippen LogP contribution >= 0.6 is 0 Å². The summed E-state index contributed by atoms with van der Waals surface area (Å²) in [6, 6.07) is 7.21. The van der Waals surface area contributed by atoms with Gasteiger partial charge in [-0.1, -0.05) is 35.5 Å². The molecule has 0 bridgehead atoms. The van der Waals surface area contributed by atoms with Crippen LogP contribution in [0, 0.1) is 0 Å². The molecular weight excluding hydrogens is 319 g/mol.